The van der Waals surface area contributed by atoms with E-state index in [9.17, 15) is 0 Å². The number of hydrogen-bond donors (Lipinski definition) is 0. The van der Waals surface area contributed by atoms with Gasteiger partial charge in [0.25, 0.3) is 0 Å². The molecule has 0 N–H and O–H groups in total. The molecule has 0 amide bonds. The molecule has 0 bridgehead atoms. The number of fused-ring (bicyclic) bond motifs is 7. The summed E-state index contributed by atoms with van der Waals surface area (Å²) in [6.45, 7) is 16.1. The third-order valence-corrected chi connectivity index (χ3v) is 8.74. The summed E-state index contributed by atoms with van der Waals surface area (Å²) in [6.07, 6.45) is 4.49. The zero-order valence-electron chi connectivity index (χ0n) is 24.2. The number of aromatic nitrogens is 1. The van der Waals surface area contributed by atoms with Gasteiger partial charge in [-0.25, -0.2) is 4.57 Å². The molecule has 2 heterocycles. The SMILES string of the molecule is Cc1cc(-c2c(C)ccc3c2oc2ccc4c(c23)C(CC(C)C)(CC(C)C)c2ccccc2-4)[n+](C)cc1C. The van der Waals surface area contributed by atoms with Crippen LogP contribution in [0, 0.1) is 32.6 Å². The molecule has 2 heteroatoms. The second-order valence-corrected chi connectivity index (χ2v) is 12.6. The molecule has 2 nitrogen and oxygen atoms in total. The third-order valence-electron chi connectivity index (χ3n) is 8.74. The lowest BCUT2D eigenvalue weighted by Gasteiger charge is -2.36. The summed E-state index contributed by atoms with van der Waals surface area (Å²) in [7, 11) is 2.15. The predicted molar refractivity (Wildman–Crippen MR) is 160 cm³/mol. The molecule has 0 aliphatic heterocycles. The van der Waals surface area contributed by atoms with Crippen LogP contribution in [0.4, 0.5) is 0 Å². The van der Waals surface area contributed by atoms with Crippen molar-refractivity contribution in [2.45, 2.75) is 66.7 Å². The largest absolute Gasteiger partial charge is 0.455 e. The molecule has 0 unspecified atom stereocenters. The molecule has 38 heavy (non-hydrogen) atoms. The van der Waals surface area contributed by atoms with Gasteiger partial charge in [-0.05, 0) is 84.9 Å². The van der Waals surface area contributed by atoms with Gasteiger partial charge < -0.3 is 4.42 Å². The Hall–Kier alpha value is -3.39. The van der Waals surface area contributed by atoms with Crippen LogP contribution < -0.4 is 4.57 Å². The first-order valence-electron chi connectivity index (χ1n) is 14.2. The molecule has 6 rings (SSSR count). The van der Waals surface area contributed by atoms with Gasteiger partial charge in [0, 0.05) is 27.8 Å². The summed E-state index contributed by atoms with van der Waals surface area (Å²) in [6, 6.07) is 20.6. The highest BCUT2D eigenvalue weighted by molar-refractivity contribution is 6.14. The first-order chi connectivity index (χ1) is 18.1. The number of benzene rings is 3. The molecule has 194 valence electrons. The second-order valence-electron chi connectivity index (χ2n) is 12.6. The second kappa shape index (κ2) is 8.83. The fourth-order valence-electron chi connectivity index (χ4n) is 7.37. The lowest BCUT2D eigenvalue weighted by Crippen LogP contribution is -2.31. The van der Waals surface area contributed by atoms with Crippen LogP contribution in [0.2, 0.25) is 0 Å². The molecule has 2 aromatic heterocycles. The fourth-order valence-corrected chi connectivity index (χ4v) is 7.37. The number of furan rings is 1. The van der Waals surface area contributed by atoms with E-state index in [-0.39, 0.29) is 5.41 Å². The van der Waals surface area contributed by atoms with Crippen LogP contribution in [0.3, 0.4) is 0 Å². The maximum atomic E-state index is 6.86. The fraction of sp³-hybridized carbons (Fsp3) is 0.361. The molecule has 0 radical (unpaired) electrons. The van der Waals surface area contributed by atoms with Crippen molar-refractivity contribution >= 4 is 21.9 Å². The highest BCUT2D eigenvalue weighted by atomic mass is 16.3. The molecule has 1 aliphatic rings. The Morgan fingerprint density at radius 3 is 2.21 bits per heavy atom. The summed E-state index contributed by atoms with van der Waals surface area (Å²) in [5.41, 5.74) is 14.0. The molecule has 1 aliphatic carbocycles. The molecule has 5 aromatic rings. The number of aryl methyl sites for hydroxylation is 4. The van der Waals surface area contributed by atoms with Gasteiger partial charge in [-0.3, -0.25) is 0 Å². The molecule has 0 atom stereocenters. The Bertz CT molecular complexity index is 1710. The van der Waals surface area contributed by atoms with Crippen LogP contribution in [0.15, 0.2) is 65.2 Å². The smallest absolute Gasteiger partial charge is 0.216 e. The quantitative estimate of drug-likeness (QED) is 0.219. The van der Waals surface area contributed by atoms with E-state index in [4.69, 9.17) is 4.42 Å². The van der Waals surface area contributed by atoms with Gasteiger partial charge in [0.05, 0.1) is 5.56 Å². The van der Waals surface area contributed by atoms with Crippen LogP contribution in [-0.4, -0.2) is 0 Å². The van der Waals surface area contributed by atoms with Crippen molar-refractivity contribution in [1.29, 1.82) is 0 Å². The topological polar surface area (TPSA) is 17.0 Å². The highest BCUT2D eigenvalue weighted by Crippen LogP contribution is 2.58. The number of nitrogens with zero attached hydrogens (tertiary/aromatic N) is 1. The van der Waals surface area contributed by atoms with E-state index in [1.54, 1.807) is 0 Å². The van der Waals surface area contributed by atoms with E-state index in [0.717, 1.165) is 24.0 Å². The summed E-state index contributed by atoms with van der Waals surface area (Å²) in [5, 5.41) is 2.54. The standard InChI is InChI=1S/C36H40NO/c1-21(2)18-36(19-22(3)4)29-12-10-9-11-26(29)27-15-16-31-33(34(27)36)28-14-13-23(5)32(35(28)38-31)30-17-24(6)25(7)20-37(30)8/h9-17,20-22H,18-19H2,1-8H3/q+1. The Labute approximate surface area is 227 Å². The van der Waals surface area contributed by atoms with Crippen molar-refractivity contribution in [3.05, 3.63) is 88.6 Å². The Kier molecular flexibility index (Phi) is 5.79. The van der Waals surface area contributed by atoms with Crippen molar-refractivity contribution in [3.8, 4) is 22.4 Å². The summed E-state index contributed by atoms with van der Waals surface area (Å²) >= 11 is 0. The van der Waals surface area contributed by atoms with E-state index in [1.165, 1.54) is 61.0 Å². The van der Waals surface area contributed by atoms with Gasteiger partial charge in [-0.1, -0.05) is 70.2 Å². The van der Waals surface area contributed by atoms with Gasteiger partial charge >= 0.3 is 0 Å². The molecule has 3 aromatic carbocycles. The minimum atomic E-state index is -0.0270. The minimum absolute atomic E-state index is 0.0270. The van der Waals surface area contributed by atoms with E-state index in [0.29, 0.717) is 11.8 Å². The van der Waals surface area contributed by atoms with E-state index >= 15 is 0 Å². The van der Waals surface area contributed by atoms with Gasteiger partial charge in [0.2, 0.25) is 5.69 Å². The normalized spacial score (nSPS) is 14.2. The molecule has 0 saturated carbocycles. The first-order valence-corrected chi connectivity index (χ1v) is 14.2. The maximum absolute atomic E-state index is 6.86. The average molecular weight is 503 g/mol. The number of pyridine rings is 1. The van der Waals surface area contributed by atoms with Crippen molar-refractivity contribution in [1.82, 2.24) is 0 Å². The average Bonchev–Trinajstić information content (AvgIpc) is 3.35. The predicted octanol–water partition coefficient (Wildman–Crippen LogP) is 9.36. The molecular weight excluding hydrogens is 462 g/mol. The molecule has 0 fully saturated rings. The zero-order chi connectivity index (χ0) is 26.9. The lowest BCUT2D eigenvalue weighted by molar-refractivity contribution is -0.660. The molecule has 0 saturated heterocycles. The maximum Gasteiger partial charge on any atom is 0.216 e. The lowest BCUT2D eigenvalue weighted by atomic mass is 9.67. The Morgan fingerprint density at radius 1 is 0.789 bits per heavy atom. The van der Waals surface area contributed by atoms with E-state index in [2.05, 4.69) is 121 Å². The minimum Gasteiger partial charge on any atom is -0.455 e. The molecular formula is C36H40NO+. The van der Waals surface area contributed by atoms with Crippen molar-refractivity contribution in [3.63, 3.8) is 0 Å². The van der Waals surface area contributed by atoms with Gasteiger partial charge in [0.1, 0.15) is 18.2 Å². The zero-order valence-corrected chi connectivity index (χ0v) is 24.2. The van der Waals surface area contributed by atoms with Crippen molar-refractivity contribution in [2.24, 2.45) is 18.9 Å². The van der Waals surface area contributed by atoms with Crippen LogP contribution in [-0.2, 0) is 12.5 Å². The monoisotopic (exact) mass is 502 g/mol. The Balaban J connectivity index is 1.75. The highest BCUT2D eigenvalue weighted by Gasteiger charge is 2.45. The number of hydrogen-bond acceptors (Lipinski definition) is 1. The van der Waals surface area contributed by atoms with Crippen molar-refractivity contribution in [2.75, 3.05) is 0 Å². The summed E-state index contributed by atoms with van der Waals surface area (Å²) in [4.78, 5) is 0. The van der Waals surface area contributed by atoms with Gasteiger partial charge in [0.15, 0.2) is 6.20 Å². The summed E-state index contributed by atoms with van der Waals surface area (Å²) in [5.74, 6) is 1.15. The van der Waals surface area contributed by atoms with Crippen molar-refractivity contribution < 1.29 is 8.98 Å². The van der Waals surface area contributed by atoms with Crippen LogP contribution >= 0.6 is 0 Å². The molecule has 0 spiro atoms. The van der Waals surface area contributed by atoms with Crippen LogP contribution in [0.25, 0.3) is 44.3 Å². The third kappa shape index (κ3) is 3.56. The van der Waals surface area contributed by atoms with Crippen LogP contribution in [0.5, 0.6) is 0 Å². The van der Waals surface area contributed by atoms with Gasteiger partial charge in [-0.2, -0.15) is 0 Å². The van der Waals surface area contributed by atoms with Crippen LogP contribution in [0.1, 0.15) is 68.4 Å². The first kappa shape index (κ1) is 24.9. The number of rotatable bonds is 5. The van der Waals surface area contributed by atoms with E-state index in [1.807, 2.05) is 0 Å². The Morgan fingerprint density at radius 2 is 1.50 bits per heavy atom. The summed E-state index contributed by atoms with van der Waals surface area (Å²) < 4.78 is 9.11. The van der Waals surface area contributed by atoms with Gasteiger partial charge in [-0.15, -0.1) is 0 Å². The van der Waals surface area contributed by atoms with E-state index < -0.39 is 0 Å².